The van der Waals surface area contributed by atoms with Crippen molar-refractivity contribution in [2.75, 3.05) is 6.54 Å². The molecule has 0 aliphatic carbocycles. The second-order valence-corrected chi connectivity index (χ2v) is 5.76. The predicted molar refractivity (Wildman–Crippen MR) is 57.6 cm³/mol. The Morgan fingerprint density at radius 2 is 2.00 bits per heavy atom. The second-order valence-electron chi connectivity index (χ2n) is 5.76. The second kappa shape index (κ2) is 3.67. The standard InChI is InChI=1S/C11H21NO3/c1-10(2,3)15-9(14)12-7-8(13)6-11(12,4)5/h8,13H,6-7H2,1-5H3/t8-/m0/s1. The van der Waals surface area contributed by atoms with E-state index >= 15 is 0 Å². The monoisotopic (exact) mass is 215 g/mol. The van der Waals surface area contributed by atoms with Gasteiger partial charge in [0.2, 0.25) is 0 Å². The van der Waals surface area contributed by atoms with E-state index in [1.165, 1.54) is 0 Å². The van der Waals surface area contributed by atoms with Gasteiger partial charge < -0.3 is 14.7 Å². The van der Waals surface area contributed by atoms with Gasteiger partial charge in [0.05, 0.1) is 12.6 Å². The van der Waals surface area contributed by atoms with E-state index in [0.717, 1.165) is 0 Å². The lowest BCUT2D eigenvalue weighted by atomic mass is 10.0. The maximum absolute atomic E-state index is 11.8. The Hall–Kier alpha value is -0.770. The Bertz CT molecular complexity index is 255. The number of rotatable bonds is 0. The van der Waals surface area contributed by atoms with Gasteiger partial charge >= 0.3 is 6.09 Å². The van der Waals surface area contributed by atoms with Gasteiger partial charge in [0.1, 0.15) is 5.60 Å². The lowest BCUT2D eigenvalue weighted by Gasteiger charge is -2.33. The topological polar surface area (TPSA) is 49.8 Å². The van der Waals surface area contributed by atoms with Crippen molar-refractivity contribution in [2.45, 2.75) is 58.3 Å². The van der Waals surface area contributed by atoms with Gasteiger partial charge in [-0.15, -0.1) is 0 Å². The maximum atomic E-state index is 11.8. The van der Waals surface area contributed by atoms with Crippen LogP contribution >= 0.6 is 0 Å². The molecule has 4 heteroatoms. The fourth-order valence-corrected chi connectivity index (χ4v) is 1.85. The number of ether oxygens (including phenoxy) is 1. The summed E-state index contributed by atoms with van der Waals surface area (Å²) >= 11 is 0. The van der Waals surface area contributed by atoms with Crippen LogP contribution < -0.4 is 0 Å². The Labute approximate surface area is 91.2 Å². The third-order valence-electron chi connectivity index (χ3n) is 2.47. The van der Waals surface area contributed by atoms with E-state index in [9.17, 15) is 9.90 Å². The predicted octanol–water partition coefficient (Wildman–Crippen LogP) is 1.77. The summed E-state index contributed by atoms with van der Waals surface area (Å²) in [7, 11) is 0. The summed E-state index contributed by atoms with van der Waals surface area (Å²) in [5, 5.41) is 9.53. The van der Waals surface area contributed by atoms with E-state index in [2.05, 4.69) is 0 Å². The Balaban J connectivity index is 2.68. The molecule has 0 bridgehead atoms. The third-order valence-corrected chi connectivity index (χ3v) is 2.47. The van der Waals surface area contributed by atoms with Crippen LogP contribution in [0, 0.1) is 0 Å². The Morgan fingerprint density at radius 3 is 2.33 bits per heavy atom. The molecule has 88 valence electrons. The number of hydrogen-bond donors (Lipinski definition) is 1. The summed E-state index contributed by atoms with van der Waals surface area (Å²) < 4.78 is 5.28. The van der Waals surface area contributed by atoms with Crippen LogP contribution in [0.25, 0.3) is 0 Å². The molecule has 0 aromatic rings. The Morgan fingerprint density at radius 1 is 1.47 bits per heavy atom. The molecule has 1 aliphatic heterocycles. The quantitative estimate of drug-likeness (QED) is 0.670. The van der Waals surface area contributed by atoms with Crippen molar-refractivity contribution in [1.82, 2.24) is 4.90 Å². The molecule has 1 atom stereocenters. The number of amides is 1. The van der Waals surface area contributed by atoms with Gasteiger partial charge in [0.15, 0.2) is 0 Å². The molecule has 0 spiro atoms. The smallest absolute Gasteiger partial charge is 0.410 e. The summed E-state index contributed by atoms with van der Waals surface area (Å²) in [5.41, 5.74) is -0.803. The molecule has 0 aromatic carbocycles. The fraction of sp³-hybridized carbons (Fsp3) is 0.909. The van der Waals surface area contributed by atoms with Gasteiger partial charge in [-0.25, -0.2) is 4.79 Å². The van der Waals surface area contributed by atoms with Crippen LogP contribution in [0.3, 0.4) is 0 Å². The third kappa shape index (κ3) is 3.09. The van der Waals surface area contributed by atoms with Crippen molar-refractivity contribution in [2.24, 2.45) is 0 Å². The number of β-amino-alcohol motifs (C(OH)–C–C–N with tert-alkyl or cyclic N) is 1. The molecule has 0 saturated carbocycles. The number of nitrogens with zero attached hydrogens (tertiary/aromatic N) is 1. The van der Waals surface area contributed by atoms with Gasteiger partial charge in [-0.1, -0.05) is 0 Å². The van der Waals surface area contributed by atoms with Crippen LogP contribution in [-0.4, -0.2) is 39.9 Å². The number of aliphatic hydroxyl groups is 1. The molecule has 0 radical (unpaired) electrons. The zero-order valence-corrected chi connectivity index (χ0v) is 10.2. The normalized spacial score (nSPS) is 25.5. The number of likely N-dealkylation sites (tertiary alicyclic amines) is 1. The summed E-state index contributed by atoms with van der Waals surface area (Å²) in [6, 6.07) is 0. The minimum absolute atomic E-state index is 0.318. The van der Waals surface area contributed by atoms with Gasteiger partial charge in [-0.2, -0.15) is 0 Å². The van der Waals surface area contributed by atoms with E-state index in [0.29, 0.717) is 13.0 Å². The van der Waals surface area contributed by atoms with Crippen molar-refractivity contribution < 1.29 is 14.6 Å². The van der Waals surface area contributed by atoms with Crippen molar-refractivity contribution >= 4 is 6.09 Å². The minimum atomic E-state index is -0.485. The summed E-state index contributed by atoms with van der Waals surface area (Å²) in [6.07, 6.45) is -0.178. The van der Waals surface area contributed by atoms with Crippen LogP contribution in [-0.2, 0) is 4.74 Å². The van der Waals surface area contributed by atoms with E-state index in [4.69, 9.17) is 4.74 Å². The molecule has 0 unspecified atom stereocenters. The summed E-state index contributed by atoms with van der Waals surface area (Å²) in [4.78, 5) is 13.4. The van der Waals surface area contributed by atoms with Crippen molar-refractivity contribution in [1.29, 1.82) is 0 Å². The highest BCUT2D eigenvalue weighted by molar-refractivity contribution is 5.69. The van der Waals surface area contributed by atoms with Crippen molar-refractivity contribution in [3.05, 3.63) is 0 Å². The maximum Gasteiger partial charge on any atom is 0.410 e. The van der Waals surface area contributed by atoms with E-state index in [1.54, 1.807) is 4.90 Å². The van der Waals surface area contributed by atoms with E-state index in [1.807, 2.05) is 34.6 Å². The molecule has 1 saturated heterocycles. The van der Waals surface area contributed by atoms with Gasteiger partial charge in [-0.05, 0) is 41.0 Å². The van der Waals surface area contributed by atoms with Gasteiger partial charge in [0, 0.05) is 5.54 Å². The molecule has 15 heavy (non-hydrogen) atoms. The van der Waals surface area contributed by atoms with Crippen LogP contribution in [0.15, 0.2) is 0 Å². The SMILES string of the molecule is CC(C)(C)OC(=O)N1C[C@@H](O)CC1(C)C. The van der Waals surface area contributed by atoms with Crippen LogP contribution in [0.2, 0.25) is 0 Å². The number of aliphatic hydroxyl groups excluding tert-OH is 1. The van der Waals surface area contributed by atoms with Gasteiger partial charge in [0.25, 0.3) is 0 Å². The van der Waals surface area contributed by atoms with Gasteiger partial charge in [-0.3, -0.25) is 0 Å². The number of carbonyl (C=O) groups is 1. The summed E-state index contributed by atoms with van der Waals surface area (Å²) in [5.74, 6) is 0. The van der Waals surface area contributed by atoms with Crippen molar-refractivity contribution in [3.8, 4) is 0 Å². The van der Waals surface area contributed by atoms with Crippen LogP contribution in [0.4, 0.5) is 4.79 Å². The van der Waals surface area contributed by atoms with Crippen LogP contribution in [0.5, 0.6) is 0 Å². The minimum Gasteiger partial charge on any atom is -0.444 e. The average Bonchev–Trinajstić information content (AvgIpc) is 2.20. The zero-order chi connectivity index (χ0) is 11.9. The zero-order valence-electron chi connectivity index (χ0n) is 10.2. The first-order chi connectivity index (χ1) is 6.62. The average molecular weight is 215 g/mol. The summed E-state index contributed by atoms with van der Waals surface area (Å²) in [6.45, 7) is 9.75. The Kier molecular flexibility index (Phi) is 3.01. The molecule has 4 nitrogen and oxygen atoms in total. The first-order valence-corrected chi connectivity index (χ1v) is 5.30. The highest BCUT2D eigenvalue weighted by atomic mass is 16.6. The molecular weight excluding hydrogens is 194 g/mol. The lowest BCUT2D eigenvalue weighted by Crippen LogP contribution is -2.45. The molecule has 1 aliphatic rings. The van der Waals surface area contributed by atoms with E-state index < -0.39 is 11.7 Å². The lowest BCUT2D eigenvalue weighted by molar-refractivity contribution is 0.0123. The highest BCUT2D eigenvalue weighted by Crippen LogP contribution is 2.30. The van der Waals surface area contributed by atoms with E-state index in [-0.39, 0.29) is 11.6 Å². The molecule has 1 rings (SSSR count). The highest BCUT2D eigenvalue weighted by Gasteiger charge is 2.42. The molecular formula is C11H21NO3. The number of hydrogen-bond acceptors (Lipinski definition) is 3. The van der Waals surface area contributed by atoms with Crippen LogP contribution in [0.1, 0.15) is 41.0 Å². The number of carbonyl (C=O) groups excluding carboxylic acids is 1. The largest absolute Gasteiger partial charge is 0.444 e. The molecule has 1 fully saturated rings. The molecule has 1 N–H and O–H groups in total. The molecule has 0 aromatic heterocycles. The fourth-order valence-electron chi connectivity index (χ4n) is 1.85. The molecule has 1 amide bonds. The molecule has 1 heterocycles. The van der Waals surface area contributed by atoms with Crippen molar-refractivity contribution in [3.63, 3.8) is 0 Å². The first-order valence-electron chi connectivity index (χ1n) is 5.30. The first kappa shape index (κ1) is 12.3.